The van der Waals surface area contributed by atoms with Crippen LogP contribution in [0.3, 0.4) is 0 Å². The second-order valence-corrected chi connectivity index (χ2v) is 2.50. The Labute approximate surface area is 69.0 Å². The highest BCUT2D eigenvalue weighted by Gasteiger charge is 2.26. The van der Waals surface area contributed by atoms with Gasteiger partial charge in [-0.05, 0) is 18.1 Å². The first-order valence-electron chi connectivity index (χ1n) is 3.60. The van der Waals surface area contributed by atoms with E-state index in [9.17, 15) is 13.2 Å². The molecule has 0 unspecified atom stereocenters. The fraction of sp³-hybridized carbons (Fsp3) is 0.333. The zero-order valence-corrected chi connectivity index (χ0v) is 6.36. The molecule has 1 radical (unpaired) electrons. The Morgan fingerprint density at radius 3 is 2.50 bits per heavy atom. The molecule has 65 valence electrons. The van der Waals surface area contributed by atoms with E-state index in [0.717, 1.165) is 0 Å². The van der Waals surface area contributed by atoms with Crippen molar-refractivity contribution < 1.29 is 13.2 Å². The number of halogens is 3. The van der Waals surface area contributed by atoms with E-state index in [-0.39, 0.29) is 6.42 Å². The molecule has 1 aromatic rings. The molecule has 0 aliphatic carbocycles. The van der Waals surface area contributed by atoms with Gasteiger partial charge in [0.15, 0.2) is 0 Å². The Bertz CT molecular complexity index is 225. The fourth-order valence-corrected chi connectivity index (χ4v) is 0.862. The third-order valence-corrected chi connectivity index (χ3v) is 1.45. The van der Waals surface area contributed by atoms with E-state index in [4.69, 9.17) is 0 Å². The van der Waals surface area contributed by atoms with Gasteiger partial charge in [-0.15, -0.1) is 0 Å². The Balaban J connectivity index is 2.44. The molecular weight excluding hydrogens is 165 g/mol. The molecule has 0 atom stereocenters. The standard InChI is InChI=1S/C9H8F3/c10-9(11,12)7-6-8-4-2-1-3-5-8/h1-4H,6-7H2. The van der Waals surface area contributed by atoms with E-state index in [1.165, 1.54) is 0 Å². The van der Waals surface area contributed by atoms with Crippen LogP contribution in [0.5, 0.6) is 0 Å². The van der Waals surface area contributed by atoms with Crippen molar-refractivity contribution in [3.8, 4) is 0 Å². The number of hydrogen-bond acceptors (Lipinski definition) is 0. The Kier molecular flexibility index (Phi) is 2.74. The first kappa shape index (κ1) is 9.10. The lowest BCUT2D eigenvalue weighted by atomic mass is 10.1. The zero-order chi connectivity index (χ0) is 9.03. The maximum absolute atomic E-state index is 11.7. The van der Waals surface area contributed by atoms with Crippen LogP contribution in [0.4, 0.5) is 13.2 Å². The van der Waals surface area contributed by atoms with Crippen LogP contribution in [0.25, 0.3) is 0 Å². The van der Waals surface area contributed by atoms with E-state index >= 15 is 0 Å². The van der Waals surface area contributed by atoms with E-state index in [0.29, 0.717) is 5.56 Å². The van der Waals surface area contributed by atoms with Crippen molar-refractivity contribution in [2.45, 2.75) is 19.0 Å². The number of benzene rings is 1. The topological polar surface area (TPSA) is 0 Å². The molecule has 1 aromatic carbocycles. The highest BCUT2D eigenvalue weighted by Crippen LogP contribution is 2.21. The van der Waals surface area contributed by atoms with Crippen LogP contribution in [0.15, 0.2) is 24.3 Å². The van der Waals surface area contributed by atoms with Gasteiger partial charge in [0.05, 0.1) is 0 Å². The highest BCUT2D eigenvalue weighted by atomic mass is 19.4. The molecule has 0 saturated carbocycles. The summed E-state index contributed by atoms with van der Waals surface area (Å²) >= 11 is 0. The SMILES string of the molecule is FC(F)(F)CCc1[c]cccc1. The lowest BCUT2D eigenvalue weighted by molar-refractivity contribution is -0.134. The van der Waals surface area contributed by atoms with Crippen LogP contribution < -0.4 is 0 Å². The van der Waals surface area contributed by atoms with Crippen molar-refractivity contribution in [3.05, 3.63) is 35.9 Å². The average Bonchev–Trinajstić information content (AvgIpc) is 2.02. The summed E-state index contributed by atoms with van der Waals surface area (Å²) in [7, 11) is 0. The minimum atomic E-state index is -4.07. The normalized spacial score (nSPS) is 11.6. The minimum absolute atomic E-state index is 0.0182. The van der Waals surface area contributed by atoms with Crippen LogP contribution >= 0.6 is 0 Å². The second-order valence-electron chi connectivity index (χ2n) is 2.50. The Morgan fingerprint density at radius 1 is 1.25 bits per heavy atom. The Morgan fingerprint density at radius 2 is 2.00 bits per heavy atom. The van der Waals surface area contributed by atoms with Gasteiger partial charge in [-0.3, -0.25) is 0 Å². The van der Waals surface area contributed by atoms with E-state index in [2.05, 4.69) is 6.07 Å². The molecule has 0 aliphatic rings. The summed E-state index contributed by atoms with van der Waals surface area (Å²) in [6.45, 7) is 0. The van der Waals surface area contributed by atoms with Crippen molar-refractivity contribution in [1.29, 1.82) is 0 Å². The fourth-order valence-electron chi connectivity index (χ4n) is 0.862. The summed E-state index contributed by atoms with van der Waals surface area (Å²) in [6.07, 6.45) is -4.82. The summed E-state index contributed by atoms with van der Waals surface area (Å²) in [5.74, 6) is 0. The van der Waals surface area contributed by atoms with Crippen molar-refractivity contribution in [3.63, 3.8) is 0 Å². The predicted octanol–water partition coefficient (Wildman–Crippen LogP) is 2.98. The predicted molar refractivity (Wildman–Crippen MR) is 39.7 cm³/mol. The maximum Gasteiger partial charge on any atom is 0.389 e. The van der Waals surface area contributed by atoms with Crippen molar-refractivity contribution in [2.24, 2.45) is 0 Å². The Hall–Kier alpha value is -0.990. The van der Waals surface area contributed by atoms with Crippen molar-refractivity contribution in [1.82, 2.24) is 0 Å². The van der Waals surface area contributed by atoms with Crippen LogP contribution in [-0.2, 0) is 6.42 Å². The summed E-state index contributed by atoms with van der Waals surface area (Å²) in [5, 5.41) is 0. The van der Waals surface area contributed by atoms with Gasteiger partial charge in [-0.1, -0.05) is 24.3 Å². The van der Waals surface area contributed by atoms with E-state index in [1.54, 1.807) is 24.3 Å². The summed E-state index contributed by atoms with van der Waals surface area (Å²) in [6, 6.07) is 9.45. The molecular formula is C9H8F3. The van der Waals surface area contributed by atoms with Gasteiger partial charge in [-0.2, -0.15) is 13.2 Å². The monoisotopic (exact) mass is 173 g/mol. The number of aryl methyl sites for hydroxylation is 1. The van der Waals surface area contributed by atoms with Crippen LogP contribution in [0.2, 0.25) is 0 Å². The summed E-state index contributed by atoms with van der Waals surface area (Å²) < 4.78 is 35.2. The van der Waals surface area contributed by atoms with Crippen LogP contribution in [0, 0.1) is 6.07 Å². The molecule has 3 heteroatoms. The lowest BCUT2D eigenvalue weighted by Crippen LogP contribution is -2.08. The molecule has 0 fully saturated rings. The van der Waals surface area contributed by atoms with Gasteiger partial charge in [0.2, 0.25) is 0 Å². The highest BCUT2D eigenvalue weighted by molar-refractivity contribution is 5.13. The van der Waals surface area contributed by atoms with Gasteiger partial charge in [0.25, 0.3) is 0 Å². The van der Waals surface area contributed by atoms with Gasteiger partial charge >= 0.3 is 6.18 Å². The van der Waals surface area contributed by atoms with Gasteiger partial charge in [0.1, 0.15) is 0 Å². The van der Waals surface area contributed by atoms with Crippen LogP contribution in [0.1, 0.15) is 12.0 Å². The summed E-state index contributed by atoms with van der Waals surface area (Å²) in [4.78, 5) is 0. The van der Waals surface area contributed by atoms with Gasteiger partial charge < -0.3 is 0 Å². The molecule has 0 saturated heterocycles. The molecule has 0 spiro atoms. The maximum atomic E-state index is 11.7. The number of rotatable bonds is 2. The molecule has 1 rings (SSSR count). The molecule has 0 amide bonds. The molecule has 12 heavy (non-hydrogen) atoms. The molecule has 0 aliphatic heterocycles. The molecule has 0 aromatic heterocycles. The van der Waals surface area contributed by atoms with Crippen molar-refractivity contribution in [2.75, 3.05) is 0 Å². The second kappa shape index (κ2) is 3.61. The van der Waals surface area contributed by atoms with E-state index in [1.807, 2.05) is 0 Å². The minimum Gasteiger partial charge on any atom is -0.171 e. The first-order chi connectivity index (χ1) is 5.58. The number of alkyl halides is 3. The van der Waals surface area contributed by atoms with Gasteiger partial charge in [-0.25, -0.2) is 0 Å². The quantitative estimate of drug-likeness (QED) is 0.644. The van der Waals surface area contributed by atoms with E-state index < -0.39 is 12.6 Å². The van der Waals surface area contributed by atoms with Crippen molar-refractivity contribution >= 4 is 0 Å². The molecule has 0 heterocycles. The van der Waals surface area contributed by atoms with Gasteiger partial charge in [0, 0.05) is 6.42 Å². The summed E-state index contributed by atoms with van der Waals surface area (Å²) in [5.41, 5.74) is 0.606. The third-order valence-electron chi connectivity index (χ3n) is 1.45. The molecule has 0 nitrogen and oxygen atoms in total. The number of hydrogen-bond donors (Lipinski definition) is 0. The smallest absolute Gasteiger partial charge is 0.171 e. The molecule has 0 N–H and O–H groups in total. The molecule has 0 bridgehead atoms. The zero-order valence-electron chi connectivity index (χ0n) is 6.36. The largest absolute Gasteiger partial charge is 0.389 e. The lowest BCUT2D eigenvalue weighted by Gasteiger charge is -2.04. The first-order valence-corrected chi connectivity index (χ1v) is 3.60. The average molecular weight is 173 g/mol. The van der Waals surface area contributed by atoms with Crippen LogP contribution in [-0.4, -0.2) is 6.18 Å². The third kappa shape index (κ3) is 3.42.